The van der Waals surface area contributed by atoms with Gasteiger partial charge in [0.1, 0.15) is 13.4 Å². The van der Waals surface area contributed by atoms with E-state index in [1.54, 1.807) is 4.90 Å². The van der Waals surface area contributed by atoms with Gasteiger partial charge in [0.25, 0.3) is 0 Å². The van der Waals surface area contributed by atoms with Crippen LogP contribution in [-0.2, 0) is 10.3 Å². The maximum Gasteiger partial charge on any atom is 0.410 e. The molecule has 0 radical (unpaired) electrons. The Morgan fingerprint density at radius 2 is 1.76 bits per heavy atom. The van der Waals surface area contributed by atoms with Crippen LogP contribution in [0.15, 0.2) is 24.3 Å². The molecule has 4 nitrogen and oxygen atoms in total. The van der Waals surface area contributed by atoms with Gasteiger partial charge in [-0.05, 0) is 39.2 Å². The lowest BCUT2D eigenvalue weighted by Gasteiger charge is -2.39. The Balaban J connectivity index is 1.99. The summed E-state index contributed by atoms with van der Waals surface area (Å²) < 4.78 is 5.37. The maximum absolute atomic E-state index is 12.0. The van der Waals surface area contributed by atoms with E-state index in [9.17, 15) is 9.90 Å². The number of piperidine rings is 1. The van der Waals surface area contributed by atoms with E-state index in [2.05, 4.69) is 0 Å². The van der Waals surface area contributed by atoms with Gasteiger partial charge in [0.2, 0.25) is 0 Å². The molecule has 1 aromatic rings. The number of nitrogens with zero attached hydrogens (tertiary/aromatic N) is 1. The van der Waals surface area contributed by atoms with Crippen molar-refractivity contribution in [3.63, 3.8) is 0 Å². The maximum atomic E-state index is 12.0. The second-order valence-electron chi connectivity index (χ2n) is 6.87. The molecule has 2 rings (SSSR count). The molecule has 1 amide bonds. The first-order valence-corrected chi connectivity index (χ1v) is 7.47. The summed E-state index contributed by atoms with van der Waals surface area (Å²) in [4.78, 5) is 13.7. The first-order chi connectivity index (χ1) is 9.70. The molecule has 1 N–H and O–H groups in total. The van der Waals surface area contributed by atoms with Crippen molar-refractivity contribution >= 4 is 19.4 Å². The number of likely N-dealkylation sites (tertiary alicyclic amines) is 1. The summed E-state index contributed by atoms with van der Waals surface area (Å²) in [6, 6.07) is 7.96. The van der Waals surface area contributed by atoms with E-state index in [0.717, 1.165) is 5.56 Å². The van der Waals surface area contributed by atoms with Crippen LogP contribution in [-0.4, -0.2) is 42.6 Å². The highest BCUT2D eigenvalue weighted by Gasteiger charge is 2.36. The van der Waals surface area contributed by atoms with Crippen LogP contribution in [0.3, 0.4) is 0 Å². The third-order valence-electron chi connectivity index (χ3n) is 3.83. The molecule has 1 aliphatic rings. The molecule has 1 aliphatic heterocycles. The fraction of sp³-hybridized carbons (Fsp3) is 0.562. The Kier molecular flexibility index (Phi) is 4.33. The highest BCUT2D eigenvalue weighted by Crippen LogP contribution is 2.32. The van der Waals surface area contributed by atoms with E-state index in [1.165, 1.54) is 5.46 Å². The first-order valence-electron chi connectivity index (χ1n) is 7.47. The van der Waals surface area contributed by atoms with E-state index in [-0.39, 0.29) is 6.09 Å². The Morgan fingerprint density at radius 3 is 2.24 bits per heavy atom. The molecule has 0 unspecified atom stereocenters. The van der Waals surface area contributed by atoms with Gasteiger partial charge in [-0.15, -0.1) is 0 Å². The number of carbonyl (C=O) groups is 1. The average molecular weight is 289 g/mol. The molecule has 114 valence electrons. The highest BCUT2D eigenvalue weighted by atomic mass is 16.6. The lowest BCUT2D eigenvalue weighted by molar-refractivity contribution is -0.0356. The van der Waals surface area contributed by atoms with Crippen molar-refractivity contribution in [1.29, 1.82) is 0 Å². The SMILES string of the molecule is Bc1ccc(C2(O)CCN(C(=O)OC(C)(C)C)CC2)cc1. The minimum absolute atomic E-state index is 0.298. The molecule has 1 fully saturated rings. The fourth-order valence-corrected chi connectivity index (χ4v) is 2.54. The van der Waals surface area contributed by atoms with Crippen LogP contribution in [0.1, 0.15) is 39.2 Å². The molecule has 21 heavy (non-hydrogen) atoms. The number of rotatable bonds is 1. The number of hydrogen-bond acceptors (Lipinski definition) is 3. The predicted octanol–water partition coefficient (Wildman–Crippen LogP) is 1.16. The van der Waals surface area contributed by atoms with E-state index < -0.39 is 11.2 Å². The Hall–Kier alpha value is -1.49. The summed E-state index contributed by atoms with van der Waals surface area (Å²) in [6.45, 7) is 6.60. The van der Waals surface area contributed by atoms with Gasteiger partial charge in [-0.1, -0.05) is 29.7 Å². The first kappa shape index (κ1) is 15.9. The van der Waals surface area contributed by atoms with Gasteiger partial charge >= 0.3 is 6.09 Å². The zero-order chi connectivity index (χ0) is 15.7. The van der Waals surface area contributed by atoms with Crippen LogP contribution in [0.4, 0.5) is 4.79 Å². The lowest BCUT2D eigenvalue weighted by Crippen LogP contribution is -2.46. The second kappa shape index (κ2) is 5.72. The minimum atomic E-state index is -0.841. The van der Waals surface area contributed by atoms with Gasteiger partial charge < -0.3 is 14.7 Å². The highest BCUT2D eigenvalue weighted by molar-refractivity contribution is 6.32. The monoisotopic (exact) mass is 289 g/mol. The molecule has 1 aromatic carbocycles. The predicted molar refractivity (Wildman–Crippen MR) is 85.6 cm³/mol. The number of benzene rings is 1. The molecule has 0 bridgehead atoms. The van der Waals surface area contributed by atoms with Crippen LogP contribution < -0.4 is 5.46 Å². The van der Waals surface area contributed by atoms with Crippen LogP contribution in [0.2, 0.25) is 0 Å². The van der Waals surface area contributed by atoms with Crippen LogP contribution in [0.5, 0.6) is 0 Å². The molecular formula is C16H24BNO3. The van der Waals surface area contributed by atoms with Crippen LogP contribution >= 0.6 is 0 Å². The Bertz CT molecular complexity index is 499. The molecule has 0 atom stereocenters. The zero-order valence-electron chi connectivity index (χ0n) is 13.3. The Morgan fingerprint density at radius 1 is 1.24 bits per heavy atom. The van der Waals surface area contributed by atoms with Gasteiger partial charge in [0.15, 0.2) is 0 Å². The van der Waals surface area contributed by atoms with Crippen molar-refractivity contribution in [3.8, 4) is 0 Å². The number of amides is 1. The number of ether oxygens (including phenoxy) is 1. The fourth-order valence-electron chi connectivity index (χ4n) is 2.54. The topological polar surface area (TPSA) is 49.8 Å². The van der Waals surface area contributed by atoms with Crippen LogP contribution in [0, 0.1) is 0 Å². The van der Waals surface area contributed by atoms with Crippen molar-refractivity contribution in [1.82, 2.24) is 4.90 Å². The van der Waals surface area contributed by atoms with Gasteiger partial charge in [0, 0.05) is 13.1 Å². The molecule has 5 heteroatoms. The van der Waals surface area contributed by atoms with Crippen LogP contribution in [0.25, 0.3) is 0 Å². The number of aliphatic hydroxyl groups is 1. The van der Waals surface area contributed by atoms with Crippen molar-refractivity contribution in [3.05, 3.63) is 29.8 Å². The lowest BCUT2D eigenvalue weighted by atomic mass is 9.83. The minimum Gasteiger partial charge on any atom is -0.444 e. The van der Waals surface area contributed by atoms with Gasteiger partial charge in [-0.25, -0.2) is 4.79 Å². The van der Waals surface area contributed by atoms with E-state index in [4.69, 9.17) is 4.74 Å². The average Bonchev–Trinajstić information content (AvgIpc) is 2.38. The molecule has 1 heterocycles. The van der Waals surface area contributed by atoms with Crippen molar-refractivity contribution in [2.75, 3.05) is 13.1 Å². The van der Waals surface area contributed by atoms with Crippen molar-refractivity contribution in [2.45, 2.75) is 44.8 Å². The summed E-state index contributed by atoms with van der Waals surface area (Å²) in [7, 11) is 2.03. The van der Waals surface area contributed by atoms with E-state index in [1.807, 2.05) is 52.9 Å². The third-order valence-corrected chi connectivity index (χ3v) is 3.83. The molecular weight excluding hydrogens is 265 g/mol. The van der Waals surface area contributed by atoms with Crippen molar-refractivity contribution in [2.24, 2.45) is 0 Å². The zero-order valence-corrected chi connectivity index (χ0v) is 13.3. The standard InChI is InChI=1S/C16H24BNO3/c1-15(2,3)21-14(19)18-10-8-16(20,9-11-18)12-4-6-13(17)7-5-12/h4-7,20H,8-11,17H2,1-3H3. The van der Waals surface area contributed by atoms with E-state index in [0.29, 0.717) is 25.9 Å². The second-order valence-corrected chi connectivity index (χ2v) is 6.87. The quantitative estimate of drug-likeness (QED) is 0.789. The smallest absolute Gasteiger partial charge is 0.410 e. The van der Waals surface area contributed by atoms with Gasteiger partial charge in [0.05, 0.1) is 5.60 Å². The molecule has 0 aromatic heterocycles. The summed E-state index contributed by atoms with van der Waals surface area (Å²) in [5, 5.41) is 10.8. The largest absolute Gasteiger partial charge is 0.444 e. The van der Waals surface area contributed by atoms with Crippen molar-refractivity contribution < 1.29 is 14.6 Å². The van der Waals surface area contributed by atoms with Gasteiger partial charge in [-0.2, -0.15) is 0 Å². The summed E-state index contributed by atoms with van der Waals surface area (Å²) in [5.41, 5.74) is 0.777. The third kappa shape index (κ3) is 4.00. The summed E-state index contributed by atoms with van der Waals surface area (Å²) in [6.07, 6.45) is 0.776. The number of carbonyl (C=O) groups excluding carboxylic acids is 1. The summed E-state index contributed by atoms with van der Waals surface area (Å²) in [5.74, 6) is 0. The molecule has 0 aliphatic carbocycles. The Labute approximate surface area is 127 Å². The molecule has 0 saturated carbocycles. The summed E-state index contributed by atoms with van der Waals surface area (Å²) >= 11 is 0. The van der Waals surface area contributed by atoms with Gasteiger partial charge in [-0.3, -0.25) is 0 Å². The molecule has 1 saturated heterocycles. The van der Waals surface area contributed by atoms with E-state index >= 15 is 0 Å². The normalized spacial score (nSPS) is 18.4. The molecule has 0 spiro atoms. The number of hydrogen-bond donors (Lipinski definition) is 1.